The Morgan fingerprint density at radius 2 is 2.04 bits per heavy atom. The molecule has 1 spiro atoms. The number of hydrogen-bond donors (Lipinski definition) is 2. The zero-order valence-electron chi connectivity index (χ0n) is 14.8. The highest BCUT2D eigenvalue weighted by molar-refractivity contribution is 8.01. The molecule has 28 heavy (non-hydrogen) atoms. The molecule has 4 N–H and O–H groups in total. The van der Waals surface area contributed by atoms with Gasteiger partial charge in [0.05, 0.1) is 23.4 Å². The van der Waals surface area contributed by atoms with Crippen molar-refractivity contribution in [1.29, 1.82) is 0 Å². The molecule has 1 aliphatic carbocycles. The van der Waals surface area contributed by atoms with E-state index in [-0.39, 0.29) is 11.5 Å². The van der Waals surface area contributed by atoms with Gasteiger partial charge in [-0.15, -0.1) is 22.7 Å². The fourth-order valence-electron chi connectivity index (χ4n) is 4.04. The highest BCUT2D eigenvalue weighted by Crippen LogP contribution is 2.51. The molecular formula is C17H18ClN7S3. The Balaban J connectivity index is 1.28. The van der Waals surface area contributed by atoms with Gasteiger partial charge in [0.2, 0.25) is 0 Å². The predicted octanol–water partition coefficient (Wildman–Crippen LogP) is 3.62. The molecule has 1 atom stereocenters. The first-order valence-electron chi connectivity index (χ1n) is 8.88. The van der Waals surface area contributed by atoms with Gasteiger partial charge in [0.25, 0.3) is 0 Å². The summed E-state index contributed by atoms with van der Waals surface area (Å²) in [6.45, 7) is 1.79. The number of piperidine rings is 1. The van der Waals surface area contributed by atoms with Gasteiger partial charge in [0.15, 0.2) is 10.2 Å². The fraction of sp³-hybridized carbons (Fsp3) is 0.412. The molecule has 1 fully saturated rings. The van der Waals surface area contributed by atoms with E-state index in [2.05, 4.69) is 24.8 Å². The summed E-state index contributed by atoms with van der Waals surface area (Å²) in [6.07, 6.45) is 4.88. The van der Waals surface area contributed by atoms with Crippen molar-refractivity contribution in [2.45, 2.75) is 34.7 Å². The molecule has 7 nitrogen and oxygen atoms in total. The highest BCUT2D eigenvalue weighted by atomic mass is 35.5. The zero-order valence-corrected chi connectivity index (χ0v) is 18.0. The van der Waals surface area contributed by atoms with Crippen molar-refractivity contribution >= 4 is 57.7 Å². The third kappa shape index (κ3) is 3.17. The van der Waals surface area contributed by atoms with E-state index in [1.54, 1.807) is 22.9 Å². The Labute approximate surface area is 179 Å². The molecule has 0 aromatic carbocycles. The lowest BCUT2D eigenvalue weighted by atomic mass is 9.73. The van der Waals surface area contributed by atoms with E-state index < -0.39 is 0 Å². The van der Waals surface area contributed by atoms with Crippen LogP contribution in [0.2, 0.25) is 5.15 Å². The number of fused-ring (bicyclic) bond motifs is 1. The number of aromatic nitrogens is 4. The van der Waals surface area contributed by atoms with Crippen LogP contribution in [0.4, 0.5) is 11.6 Å². The molecule has 0 radical (unpaired) electrons. The monoisotopic (exact) mass is 451 g/mol. The van der Waals surface area contributed by atoms with Crippen molar-refractivity contribution in [2.24, 2.45) is 11.1 Å². The summed E-state index contributed by atoms with van der Waals surface area (Å²) in [5.41, 5.74) is 15.9. The van der Waals surface area contributed by atoms with E-state index in [1.165, 1.54) is 28.0 Å². The van der Waals surface area contributed by atoms with Crippen molar-refractivity contribution in [3.8, 4) is 0 Å². The van der Waals surface area contributed by atoms with Gasteiger partial charge in [-0.3, -0.25) is 0 Å². The van der Waals surface area contributed by atoms with Crippen LogP contribution in [0.1, 0.15) is 29.5 Å². The third-order valence-electron chi connectivity index (χ3n) is 5.61. The van der Waals surface area contributed by atoms with Crippen molar-refractivity contribution in [1.82, 2.24) is 19.9 Å². The topological polar surface area (TPSA) is 107 Å². The van der Waals surface area contributed by atoms with E-state index in [4.69, 9.17) is 23.1 Å². The Morgan fingerprint density at radius 3 is 2.71 bits per heavy atom. The van der Waals surface area contributed by atoms with Gasteiger partial charge in [-0.25, -0.2) is 19.9 Å². The molecular weight excluding hydrogens is 434 g/mol. The SMILES string of the molecule is Nc1nc(N2CCC3(CC2)Cc2scnc2[C@H]3N)cnc1Sc1nc(Cl)cs1. The predicted molar refractivity (Wildman–Crippen MR) is 114 cm³/mol. The first kappa shape index (κ1) is 18.6. The van der Waals surface area contributed by atoms with Crippen LogP contribution in [0, 0.1) is 5.41 Å². The maximum absolute atomic E-state index is 6.56. The van der Waals surface area contributed by atoms with E-state index in [9.17, 15) is 0 Å². The van der Waals surface area contributed by atoms with E-state index in [1.807, 2.05) is 5.51 Å². The smallest absolute Gasteiger partial charge is 0.158 e. The number of halogens is 1. The Bertz CT molecular complexity index is 1010. The molecule has 0 unspecified atom stereocenters. The first-order valence-corrected chi connectivity index (χ1v) is 11.8. The van der Waals surface area contributed by atoms with Crippen LogP contribution in [0.3, 0.4) is 0 Å². The summed E-state index contributed by atoms with van der Waals surface area (Å²) in [5, 5.41) is 2.91. The molecule has 1 aliphatic heterocycles. The molecule has 0 amide bonds. The maximum Gasteiger partial charge on any atom is 0.158 e. The number of anilines is 2. The van der Waals surface area contributed by atoms with Crippen LogP contribution in [0.5, 0.6) is 0 Å². The maximum atomic E-state index is 6.56. The summed E-state index contributed by atoms with van der Waals surface area (Å²) in [6, 6.07) is 0.0379. The Kier molecular flexibility index (Phi) is 4.71. The van der Waals surface area contributed by atoms with Gasteiger partial charge in [-0.2, -0.15) is 0 Å². The minimum Gasteiger partial charge on any atom is -0.381 e. The molecule has 0 bridgehead atoms. The second kappa shape index (κ2) is 7.10. The molecule has 3 aromatic heterocycles. The Hall–Kier alpha value is -1.46. The average molecular weight is 452 g/mol. The minimum absolute atomic E-state index is 0.0379. The molecule has 2 aliphatic rings. The van der Waals surface area contributed by atoms with E-state index in [0.717, 1.165) is 48.2 Å². The van der Waals surface area contributed by atoms with Crippen LogP contribution in [0.25, 0.3) is 0 Å². The summed E-state index contributed by atoms with van der Waals surface area (Å²) in [5.74, 6) is 1.23. The fourth-order valence-corrected chi connectivity index (χ4v) is 6.86. The minimum atomic E-state index is 0.0379. The van der Waals surface area contributed by atoms with Gasteiger partial charge in [-0.05, 0) is 36.4 Å². The van der Waals surface area contributed by atoms with Gasteiger partial charge < -0.3 is 16.4 Å². The average Bonchev–Trinajstić information content (AvgIpc) is 3.37. The second-order valence-electron chi connectivity index (χ2n) is 7.12. The van der Waals surface area contributed by atoms with Crippen molar-refractivity contribution in [3.05, 3.63) is 32.8 Å². The molecule has 11 heteroatoms. The van der Waals surface area contributed by atoms with Gasteiger partial charge in [-0.1, -0.05) is 11.6 Å². The van der Waals surface area contributed by atoms with Crippen molar-refractivity contribution in [2.75, 3.05) is 23.7 Å². The van der Waals surface area contributed by atoms with Crippen molar-refractivity contribution in [3.63, 3.8) is 0 Å². The number of thiazole rings is 2. The number of nitrogen functional groups attached to an aromatic ring is 1. The summed E-state index contributed by atoms with van der Waals surface area (Å²) < 4.78 is 0.801. The molecule has 3 aromatic rings. The van der Waals surface area contributed by atoms with Crippen LogP contribution >= 0.6 is 46.0 Å². The largest absolute Gasteiger partial charge is 0.381 e. The lowest BCUT2D eigenvalue weighted by molar-refractivity contribution is 0.186. The van der Waals surface area contributed by atoms with E-state index >= 15 is 0 Å². The summed E-state index contributed by atoms with van der Waals surface area (Å²) in [7, 11) is 0. The van der Waals surface area contributed by atoms with Crippen LogP contribution in [0.15, 0.2) is 26.5 Å². The normalized spacial score (nSPS) is 20.6. The number of rotatable bonds is 3. The second-order valence-corrected chi connectivity index (χ2v) is 10.5. The van der Waals surface area contributed by atoms with Gasteiger partial charge in [0, 0.05) is 23.3 Å². The Morgan fingerprint density at radius 1 is 1.21 bits per heavy atom. The third-order valence-corrected chi connectivity index (χ3v) is 8.73. The van der Waals surface area contributed by atoms with Crippen molar-refractivity contribution < 1.29 is 0 Å². The standard InChI is InChI=1S/C17H18ClN7S3/c18-10-7-26-16(23-10)28-15-14(20)24-11(6-21-15)25-3-1-17(2-4-25)5-9-12(13(17)19)22-8-27-9/h6-8,13H,1-5,19H2,(H2,20,24)/t13-/m1/s1. The number of nitrogens with zero attached hydrogens (tertiary/aromatic N) is 5. The highest BCUT2D eigenvalue weighted by Gasteiger charge is 2.47. The molecule has 4 heterocycles. The van der Waals surface area contributed by atoms with Gasteiger partial charge >= 0.3 is 0 Å². The number of hydrogen-bond acceptors (Lipinski definition) is 10. The molecule has 1 saturated heterocycles. The molecule has 5 rings (SSSR count). The zero-order chi connectivity index (χ0) is 19.3. The molecule has 0 saturated carbocycles. The molecule has 146 valence electrons. The first-order chi connectivity index (χ1) is 13.5. The number of nitrogens with two attached hydrogens (primary N) is 2. The summed E-state index contributed by atoms with van der Waals surface area (Å²) in [4.78, 5) is 21.4. The summed E-state index contributed by atoms with van der Waals surface area (Å²) >= 11 is 10.5. The van der Waals surface area contributed by atoms with Gasteiger partial charge in [0.1, 0.15) is 16.0 Å². The quantitative estimate of drug-likeness (QED) is 0.621. The lowest BCUT2D eigenvalue weighted by Gasteiger charge is -2.42. The lowest BCUT2D eigenvalue weighted by Crippen LogP contribution is -2.44. The van der Waals surface area contributed by atoms with Crippen LogP contribution in [-0.2, 0) is 6.42 Å². The van der Waals surface area contributed by atoms with E-state index in [0.29, 0.717) is 16.0 Å². The van der Waals surface area contributed by atoms with Crippen LogP contribution in [-0.4, -0.2) is 33.0 Å². The van der Waals surface area contributed by atoms with Crippen LogP contribution < -0.4 is 16.4 Å².